The third-order valence-electron chi connectivity index (χ3n) is 3.65. The molecular weight excluding hydrogens is 298 g/mol. The van der Waals surface area contributed by atoms with E-state index in [4.69, 9.17) is 0 Å². The first kappa shape index (κ1) is 14.1. The maximum atomic E-state index is 4.43. The molecule has 116 valence electrons. The molecule has 0 saturated heterocycles. The van der Waals surface area contributed by atoms with E-state index >= 15 is 0 Å². The molecule has 2 aromatic heterocycles. The van der Waals surface area contributed by atoms with Crippen LogP contribution in [0.5, 0.6) is 0 Å². The second-order valence-corrected chi connectivity index (χ2v) is 5.23. The van der Waals surface area contributed by atoms with Gasteiger partial charge in [-0.25, -0.2) is 14.6 Å². The normalized spacial score (nSPS) is 13.9. The Labute approximate surface area is 139 Å². The molecule has 4 rings (SSSR count). The molecule has 0 spiro atoms. The lowest BCUT2D eigenvalue weighted by atomic mass is 10.2. The lowest BCUT2D eigenvalue weighted by molar-refractivity contribution is 0.949. The van der Waals surface area contributed by atoms with Crippen LogP contribution in [-0.2, 0) is 0 Å². The number of fused-ring (bicyclic) bond motifs is 1. The van der Waals surface area contributed by atoms with Crippen molar-refractivity contribution in [1.82, 2.24) is 19.7 Å². The van der Waals surface area contributed by atoms with Crippen molar-refractivity contribution in [3.8, 4) is 0 Å². The Morgan fingerprint density at radius 2 is 1.67 bits per heavy atom. The van der Waals surface area contributed by atoms with Gasteiger partial charge in [-0.2, -0.15) is 5.10 Å². The van der Waals surface area contributed by atoms with Crippen LogP contribution in [-0.4, -0.2) is 19.7 Å². The highest BCUT2D eigenvalue weighted by Crippen LogP contribution is 2.24. The van der Waals surface area contributed by atoms with Gasteiger partial charge in [0.25, 0.3) is 0 Å². The van der Waals surface area contributed by atoms with Gasteiger partial charge in [-0.1, -0.05) is 42.5 Å². The zero-order valence-corrected chi connectivity index (χ0v) is 12.9. The Balaban J connectivity index is 1.73. The molecular formula is C19H15N5. The Hall–Kier alpha value is -3.47. The molecule has 3 heterocycles. The number of hydrogen-bond acceptors (Lipinski definition) is 4. The molecule has 0 radical (unpaired) electrons. The maximum absolute atomic E-state index is 4.43. The van der Waals surface area contributed by atoms with Crippen LogP contribution in [0.3, 0.4) is 0 Å². The molecule has 0 N–H and O–H groups in total. The second-order valence-electron chi connectivity index (χ2n) is 5.23. The highest BCUT2D eigenvalue weighted by atomic mass is 15.3. The maximum Gasteiger partial charge on any atom is 0.167 e. The van der Waals surface area contributed by atoms with Crippen molar-refractivity contribution in [3.63, 3.8) is 0 Å². The molecule has 24 heavy (non-hydrogen) atoms. The Kier molecular flexibility index (Phi) is 3.73. The van der Waals surface area contributed by atoms with Crippen LogP contribution >= 0.6 is 0 Å². The van der Waals surface area contributed by atoms with E-state index in [9.17, 15) is 0 Å². The Morgan fingerprint density at radius 3 is 2.46 bits per heavy atom. The average Bonchev–Trinajstić information content (AvgIpc) is 2.86. The minimum atomic E-state index is 0.770. The van der Waals surface area contributed by atoms with E-state index in [-0.39, 0.29) is 0 Å². The molecule has 1 aromatic carbocycles. The molecule has 5 heteroatoms. The first-order chi connectivity index (χ1) is 11.9. The van der Waals surface area contributed by atoms with Crippen molar-refractivity contribution in [2.45, 2.75) is 0 Å². The second kappa shape index (κ2) is 6.34. The lowest BCUT2D eigenvalue weighted by Gasteiger charge is -2.13. The Morgan fingerprint density at radius 1 is 0.875 bits per heavy atom. The number of benzene rings is 1. The van der Waals surface area contributed by atoms with E-state index in [0.29, 0.717) is 0 Å². The van der Waals surface area contributed by atoms with Gasteiger partial charge in [0.15, 0.2) is 11.5 Å². The molecule has 0 bridgehead atoms. The highest BCUT2D eigenvalue weighted by molar-refractivity contribution is 5.89. The minimum absolute atomic E-state index is 0.770. The zero-order chi connectivity index (χ0) is 16.2. The smallest absolute Gasteiger partial charge is 0.167 e. The summed E-state index contributed by atoms with van der Waals surface area (Å²) in [6.07, 6.45) is 19.1. The molecule has 1 aliphatic heterocycles. The summed E-state index contributed by atoms with van der Waals surface area (Å²) in [6.45, 7) is 0. The summed E-state index contributed by atoms with van der Waals surface area (Å²) in [7, 11) is 0. The van der Waals surface area contributed by atoms with Gasteiger partial charge in [0.2, 0.25) is 0 Å². The Bertz CT molecular complexity index is 948. The molecule has 0 atom stereocenters. The largest absolute Gasteiger partial charge is 0.308 e. The fourth-order valence-electron chi connectivity index (χ4n) is 2.49. The van der Waals surface area contributed by atoms with Gasteiger partial charge >= 0.3 is 0 Å². The third kappa shape index (κ3) is 2.75. The summed E-state index contributed by atoms with van der Waals surface area (Å²) in [5, 5.41) is 5.32. The predicted molar refractivity (Wildman–Crippen MR) is 96.9 cm³/mol. The lowest BCUT2D eigenvalue weighted by Crippen LogP contribution is -2.08. The molecule has 0 amide bonds. The highest BCUT2D eigenvalue weighted by Gasteiger charge is 2.12. The minimum Gasteiger partial charge on any atom is -0.308 e. The van der Waals surface area contributed by atoms with E-state index in [1.165, 1.54) is 0 Å². The molecule has 0 fully saturated rings. The van der Waals surface area contributed by atoms with E-state index < -0.39 is 0 Å². The molecule has 0 saturated carbocycles. The number of aromatic nitrogens is 4. The van der Waals surface area contributed by atoms with Crippen molar-refractivity contribution in [1.29, 1.82) is 0 Å². The number of hydrogen-bond donors (Lipinski definition) is 0. The van der Waals surface area contributed by atoms with Crippen LogP contribution in [0.4, 0.5) is 5.82 Å². The fourth-order valence-corrected chi connectivity index (χ4v) is 2.49. The summed E-state index contributed by atoms with van der Waals surface area (Å²) >= 11 is 0. The summed E-state index contributed by atoms with van der Waals surface area (Å²) in [6, 6.07) is 10.1. The summed E-state index contributed by atoms with van der Waals surface area (Å²) in [4.78, 5) is 10.7. The first-order valence-corrected chi connectivity index (χ1v) is 7.63. The van der Waals surface area contributed by atoms with Gasteiger partial charge in [-0.15, -0.1) is 0 Å². The summed E-state index contributed by atoms with van der Waals surface area (Å²) in [5.41, 5.74) is 1.88. The molecule has 0 unspecified atom stereocenters. The van der Waals surface area contributed by atoms with Crippen LogP contribution in [0, 0.1) is 0 Å². The standard InChI is InChI=1S/C19H15N5/c1-2-7-12-23(11-6-1)18-17-14-22-24(19(17)21-15-20-18)13-10-16-8-4-3-5-9-16/h1-15H/b13-10+. The van der Waals surface area contributed by atoms with Crippen molar-refractivity contribution in [2.75, 3.05) is 4.90 Å². The zero-order valence-electron chi connectivity index (χ0n) is 12.9. The summed E-state index contributed by atoms with van der Waals surface area (Å²) < 4.78 is 1.76. The predicted octanol–water partition coefficient (Wildman–Crippen LogP) is 3.86. The van der Waals surface area contributed by atoms with Gasteiger partial charge in [0.1, 0.15) is 6.33 Å². The molecule has 5 nitrogen and oxygen atoms in total. The molecule has 0 aliphatic carbocycles. The number of anilines is 1. The van der Waals surface area contributed by atoms with Gasteiger partial charge in [-0.3, -0.25) is 0 Å². The quantitative estimate of drug-likeness (QED) is 0.736. The van der Waals surface area contributed by atoms with E-state index in [1.54, 1.807) is 17.2 Å². The third-order valence-corrected chi connectivity index (χ3v) is 3.65. The van der Waals surface area contributed by atoms with Crippen LogP contribution < -0.4 is 4.90 Å². The average molecular weight is 313 g/mol. The fraction of sp³-hybridized carbons (Fsp3) is 0. The number of nitrogens with zero attached hydrogens (tertiary/aromatic N) is 5. The van der Waals surface area contributed by atoms with E-state index in [2.05, 4.69) is 15.1 Å². The van der Waals surface area contributed by atoms with Crippen molar-refractivity contribution in [2.24, 2.45) is 0 Å². The first-order valence-electron chi connectivity index (χ1n) is 7.63. The topological polar surface area (TPSA) is 46.8 Å². The number of rotatable bonds is 3. The van der Waals surface area contributed by atoms with Crippen molar-refractivity contribution in [3.05, 3.63) is 85.1 Å². The van der Waals surface area contributed by atoms with Gasteiger partial charge in [-0.05, 0) is 23.8 Å². The van der Waals surface area contributed by atoms with Crippen LogP contribution in [0.25, 0.3) is 23.3 Å². The van der Waals surface area contributed by atoms with Crippen molar-refractivity contribution >= 4 is 29.1 Å². The summed E-state index contributed by atoms with van der Waals surface area (Å²) in [5.74, 6) is 0.801. The van der Waals surface area contributed by atoms with E-state index in [0.717, 1.165) is 22.4 Å². The van der Waals surface area contributed by atoms with Crippen LogP contribution in [0.15, 0.2) is 79.6 Å². The van der Waals surface area contributed by atoms with Crippen LogP contribution in [0.1, 0.15) is 5.56 Å². The van der Waals surface area contributed by atoms with Crippen LogP contribution in [0.2, 0.25) is 0 Å². The van der Waals surface area contributed by atoms with E-state index in [1.807, 2.05) is 84.2 Å². The van der Waals surface area contributed by atoms with Gasteiger partial charge in [0.05, 0.1) is 11.6 Å². The van der Waals surface area contributed by atoms with Crippen molar-refractivity contribution < 1.29 is 0 Å². The molecule has 3 aromatic rings. The van der Waals surface area contributed by atoms with Gasteiger partial charge in [0, 0.05) is 18.6 Å². The SMILES string of the molecule is C1=CC=CN(c2ncnc3c2cnn3/C=C/c2ccccc2)C=C1. The molecule has 1 aliphatic rings. The number of allylic oxidation sites excluding steroid dienone is 4. The van der Waals surface area contributed by atoms with Gasteiger partial charge < -0.3 is 4.90 Å². The monoisotopic (exact) mass is 313 g/mol.